The normalized spacial score (nSPS) is 13.7. The smallest absolute Gasteiger partial charge is 0.257 e. The van der Waals surface area contributed by atoms with Gasteiger partial charge in [-0.15, -0.1) is 0 Å². The molecule has 0 atom stereocenters. The fourth-order valence-corrected chi connectivity index (χ4v) is 3.84. The Kier molecular flexibility index (Phi) is 7.22. The second kappa shape index (κ2) is 9.84. The van der Waals surface area contributed by atoms with E-state index in [4.69, 9.17) is 12.2 Å². The zero-order chi connectivity index (χ0) is 20.8. The van der Waals surface area contributed by atoms with Crippen LogP contribution >= 0.6 is 28.1 Å². The van der Waals surface area contributed by atoms with Crippen molar-refractivity contribution in [1.82, 2.24) is 10.2 Å². The number of nitrogens with one attached hydrogen (secondary N) is 2. The molecule has 3 rings (SSSR count). The quantitative estimate of drug-likeness (QED) is 0.662. The highest BCUT2D eigenvalue weighted by Gasteiger charge is 2.22. The third-order valence-electron chi connectivity index (χ3n) is 4.74. The standard InChI is InChI=1S/C21H23BrN4O2S/c1-2-19(27)26-12-10-25(11-13-26)18-9-4-3-8-17(18)23-21(29)24-20(28)15-6-5-7-16(22)14-15/h3-9,14H,2,10-13H2,1H3,(H2,23,24,28,29). The highest BCUT2D eigenvalue weighted by molar-refractivity contribution is 9.10. The number of benzene rings is 2. The Labute approximate surface area is 184 Å². The van der Waals surface area contributed by atoms with Crippen molar-refractivity contribution in [2.75, 3.05) is 36.4 Å². The lowest BCUT2D eigenvalue weighted by Crippen LogP contribution is -2.48. The van der Waals surface area contributed by atoms with Crippen LogP contribution in [-0.2, 0) is 4.79 Å². The number of rotatable bonds is 4. The third-order valence-corrected chi connectivity index (χ3v) is 5.44. The molecular weight excluding hydrogens is 452 g/mol. The minimum Gasteiger partial charge on any atom is -0.366 e. The van der Waals surface area contributed by atoms with Crippen LogP contribution in [0.5, 0.6) is 0 Å². The average Bonchev–Trinajstić information content (AvgIpc) is 2.73. The molecule has 0 aliphatic carbocycles. The zero-order valence-electron chi connectivity index (χ0n) is 16.2. The second-order valence-electron chi connectivity index (χ2n) is 6.66. The number of para-hydroxylation sites is 2. The van der Waals surface area contributed by atoms with Crippen LogP contribution in [-0.4, -0.2) is 48.0 Å². The molecule has 0 radical (unpaired) electrons. The summed E-state index contributed by atoms with van der Waals surface area (Å²) in [5, 5.41) is 6.09. The summed E-state index contributed by atoms with van der Waals surface area (Å²) in [7, 11) is 0. The fourth-order valence-electron chi connectivity index (χ4n) is 3.23. The van der Waals surface area contributed by atoms with Gasteiger partial charge in [0.05, 0.1) is 11.4 Å². The van der Waals surface area contributed by atoms with Crippen LogP contribution in [0, 0.1) is 0 Å². The summed E-state index contributed by atoms with van der Waals surface area (Å²) in [5.41, 5.74) is 2.34. The molecule has 0 aromatic heterocycles. The third kappa shape index (κ3) is 5.55. The molecule has 6 nitrogen and oxygen atoms in total. The first kappa shape index (κ1) is 21.3. The minimum absolute atomic E-state index is 0.187. The Morgan fingerprint density at radius 2 is 1.79 bits per heavy atom. The van der Waals surface area contributed by atoms with Crippen molar-refractivity contribution in [2.24, 2.45) is 0 Å². The fraction of sp³-hybridized carbons (Fsp3) is 0.286. The van der Waals surface area contributed by atoms with Gasteiger partial charge < -0.3 is 15.1 Å². The van der Waals surface area contributed by atoms with Gasteiger partial charge in [0.25, 0.3) is 5.91 Å². The van der Waals surface area contributed by atoms with Gasteiger partial charge in [-0.05, 0) is 42.5 Å². The summed E-state index contributed by atoms with van der Waals surface area (Å²) >= 11 is 8.71. The van der Waals surface area contributed by atoms with Gasteiger partial charge >= 0.3 is 0 Å². The van der Waals surface area contributed by atoms with Crippen molar-refractivity contribution in [1.29, 1.82) is 0 Å². The van der Waals surface area contributed by atoms with E-state index in [1.807, 2.05) is 42.2 Å². The van der Waals surface area contributed by atoms with Crippen molar-refractivity contribution >= 4 is 56.4 Å². The molecule has 2 amide bonds. The first-order chi connectivity index (χ1) is 14.0. The lowest BCUT2D eigenvalue weighted by molar-refractivity contribution is -0.131. The summed E-state index contributed by atoms with van der Waals surface area (Å²) in [5.74, 6) is -0.0829. The second-order valence-corrected chi connectivity index (χ2v) is 7.98. The molecular formula is C21H23BrN4O2S. The van der Waals surface area contributed by atoms with Crippen molar-refractivity contribution in [3.8, 4) is 0 Å². The first-order valence-electron chi connectivity index (χ1n) is 9.47. The first-order valence-corrected chi connectivity index (χ1v) is 10.7. The maximum Gasteiger partial charge on any atom is 0.257 e. The van der Waals surface area contributed by atoms with E-state index in [9.17, 15) is 9.59 Å². The lowest BCUT2D eigenvalue weighted by Gasteiger charge is -2.37. The number of piperazine rings is 1. The van der Waals surface area contributed by atoms with E-state index in [0.29, 0.717) is 25.1 Å². The Bertz CT molecular complexity index is 913. The van der Waals surface area contributed by atoms with E-state index in [0.717, 1.165) is 28.9 Å². The Morgan fingerprint density at radius 1 is 1.07 bits per heavy atom. The van der Waals surface area contributed by atoms with Crippen molar-refractivity contribution < 1.29 is 9.59 Å². The largest absolute Gasteiger partial charge is 0.366 e. The summed E-state index contributed by atoms with van der Waals surface area (Å²) < 4.78 is 0.829. The number of anilines is 2. The van der Waals surface area contributed by atoms with Crippen LogP contribution in [0.2, 0.25) is 0 Å². The molecule has 1 aliphatic heterocycles. The van der Waals surface area contributed by atoms with E-state index in [-0.39, 0.29) is 16.9 Å². The molecule has 1 aliphatic rings. The van der Waals surface area contributed by atoms with Crippen LogP contribution in [0.4, 0.5) is 11.4 Å². The van der Waals surface area contributed by atoms with E-state index in [2.05, 4.69) is 31.5 Å². The number of nitrogens with zero attached hydrogens (tertiary/aromatic N) is 2. The molecule has 2 aromatic carbocycles. The van der Waals surface area contributed by atoms with E-state index in [1.165, 1.54) is 0 Å². The molecule has 1 fully saturated rings. The molecule has 29 heavy (non-hydrogen) atoms. The summed E-state index contributed by atoms with van der Waals surface area (Å²) in [6, 6.07) is 14.9. The van der Waals surface area contributed by atoms with Crippen LogP contribution < -0.4 is 15.5 Å². The van der Waals surface area contributed by atoms with Gasteiger partial charge in [-0.2, -0.15) is 0 Å². The number of thiocarbonyl (C=S) groups is 1. The monoisotopic (exact) mass is 474 g/mol. The van der Waals surface area contributed by atoms with Crippen molar-refractivity contribution in [3.05, 3.63) is 58.6 Å². The van der Waals surface area contributed by atoms with Crippen molar-refractivity contribution in [3.63, 3.8) is 0 Å². The van der Waals surface area contributed by atoms with E-state index in [1.54, 1.807) is 18.2 Å². The maximum atomic E-state index is 12.4. The molecule has 2 aromatic rings. The van der Waals surface area contributed by atoms with Gasteiger partial charge in [0.1, 0.15) is 0 Å². The molecule has 0 bridgehead atoms. The zero-order valence-corrected chi connectivity index (χ0v) is 18.6. The van der Waals surface area contributed by atoms with Crippen molar-refractivity contribution in [2.45, 2.75) is 13.3 Å². The van der Waals surface area contributed by atoms with Crippen LogP contribution in [0.25, 0.3) is 0 Å². The average molecular weight is 475 g/mol. The van der Waals surface area contributed by atoms with Crippen LogP contribution in [0.3, 0.4) is 0 Å². The molecule has 8 heteroatoms. The predicted molar refractivity (Wildman–Crippen MR) is 123 cm³/mol. The Hall–Kier alpha value is -2.45. The number of carbonyl (C=O) groups excluding carboxylic acids is 2. The number of carbonyl (C=O) groups is 2. The van der Waals surface area contributed by atoms with Gasteiger partial charge in [-0.1, -0.05) is 41.1 Å². The van der Waals surface area contributed by atoms with Crippen LogP contribution in [0.15, 0.2) is 53.0 Å². The van der Waals surface area contributed by atoms with Gasteiger partial charge in [0.2, 0.25) is 5.91 Å². The molecule has 2 N–H and O–H groups in total. The summed E-state index contributed by atoms with van der Waals surface area (Å²) in [6.45, 7) is 4.79. The van der Waals surface area contributed by atoms with Gasteiger partial charge in [-0.25, -0.2) is 0 Å². The molecule has 1 heterocycles. The molecule has 1 saturated heterocycles. The maximum absolute atomic E-state index is 12.4. The summed E-state index contributed by atoms with van der Waals surface area (Å²) in [6.07, 6.45) is 0.532. The molecule has 152 valence electrons. The number of halogens is 1. The summed E-state index contributed by atoms with van der Waals surface area (Å²) in [4.78, 5) is 28.4. The molecule has 0 spiro atoms. The minimum atomic E-state index is -0.270. The SMILES string of the molecule is CCC(=O)N1CCN(c2ccccc2NC(=S)NC(=O)c2cccc(Br)c2)CC1. The van der Waals surface area contributed by atoms with Gasteiger partial charge in [0.15, 0.2) is 5.11 Å². The van der Waals surface area contributed by atoms with E-state index < -0.39 is 0 Å². The number of amides is 2. The molecule has 0 saturated carbocycles. The number of hydrogen-bond acceptors (Lipinski definition) is 4. The Balaban J connectivity index is 1.64. The molecule has 0 unspecified atom stereocenters. The van der Waals surface area contributed by atoms with Crippen LogP contribution in [0.1, 0.15) is 23.7 Å². The van der Waals surface area contributed by atoms with E-state index >= 15 is 0 Å². The topological polar surface area (TPSA) is 64.7 Å². The van der Waals surface area contributed by atoms with Gasteiger partial charge in [0, 0.05) is 42.6 Å². The number of hydrogen-bond donors (Lipinski definition) is 2. The predicted octanol–water partition coefficient (Wildman–Crippen LogP) is 3.63. The highest BCUT2D eigenvalue weighted by Crippen LogP contribution is 2.26. The Morgan fingerprint density at radius 3 is 2.48 bits per heavy atom. The lowest BCUT2D eigenvalue weighted by atomic mass is 10.2. The van der Waals surface area contributed by atoms with Gasteiger partial charge in [-0.3, -0.25) is 14.9 Å². The highest BCUT2D eigenvalue weighted by atomic mass is 79.9.